The van der Waals surface area contributed by atoms with Crippen molar-refractivity contribution in [3.63, 3.8) is 0 Å². The number of aryl methyl sites for hydroxylation is 1. The van der Waals surface area contributed by atoms with Crippen molar-refractivity contribution in [3.05, 3.63) is 46.4 Å². The van der Waals surface area contributed by atoms with Gasteiger partial charge in [-0.15, -0.1) is 11.3 Å². The molecule has 146 valence electrons. The fraction of sp³-hybridized carbons (Fsp3) is 0.524. The van der Waals surface area contributed by atoms with Crippen LogP contribution in [0.15, 0.2) is 41.5 Å². The molecule has 1 aromatic carbocycles. The molecular formula is C21H30N4OS. The minimum atomic E-state index is 0.286. The quantitative estimate of drug-likeness (QED) is 0.581. The summed E-state index contributed by atoms with van der Waals surface area (Å²) in [7, 11) is 0. The Morgan fingerprint density at radius 1 is 1.26 bits per heavy atom. The molecule has 1 aliphatic rings. The monoisotopic (exact) mass is 386 g/mol. The van der Waals surface area contributed by atoms with E-state index in [1.165, 1.54) is 9.88 Å². The van der Waals surface area contributed by atoms with Crippen molar-refractivity contribution in [2.75, 3.05) is 26.2 Å². The molecule has 0 amide bonds. The van der Waals surface area contributed by atoms with Crippen molar-refractivity contribution >= 4 is 17.3 Å². The van der Waals surface area contributed by atoms with Crippen molar-refractivity contribution in [1.82, 2.24) is 15.2 Å². The van der Waals surface area contributed by atoms with Gasteiger partial charge in [-0.2, -0.15) is 0 Å². The van der Waals surface area contributed by atoms with Crippen molar-refractivity contribution in [1.29, 1.82) is 0 Å². The number of nitrogens with one attached hydrogen (secondary N) is 1. The van der Waals surface area contributed by atoms with Crippen molar-refractivity contribution in [3.8, 4) is 5.75 Å². The summed E-state index contributed by atoms with van der Waals surface area (Å²) in [6.45, 7) is 7.90. The first-order valence-corrected chi connectivity index (χ1v) is 10.8. The van der Waals surface area contributed by atoms with Gasteiger partial charge in [-0.3, -0.25) is 4.99 Å². The molecular weight excluding hydrogens is 356 g/mol. The van der Waals surface area contributed by atoms with E-state index in [4.69, 9.17) is 9.73 Å². The highest BCUT2D eigenvalue weighted by Crippen LogP contribution is 2.19. The number of rotatable bonds is 7. The Morgan fingerprint density at radius 3 is 2.70 bits per heavy atom. The molecule has 0 atom stereocenters. The van der Waals surface area contributed by atoms with E-state index in [9.17, 15) is 0 Å². The van der Waals surface area contributed by atoms with E-state index in [1.807, 2.05) is 36.5 Å². The second-order valence-electron chi connectivity index (χ2n) is 6.68. The number of benzene rings is 1. The van der Waals surface area contributed by atoms with Gasteiger partial charge in [-0.25, -0.2) is 4.98 Å². The van der Waals surface area contributed by atoms with Gasteiger partial charge < -0.3 is 15.0 Å². The third kappa shape index (κ3) is 5.96. The van der Waals surface area contributed by atoms with Gasteiger partial charge in [0.1, 0.15) is 11.9 Å². The van der Waals surface area contributed by atoms with Crippen LogP contribution in [0.5, 0.6) is 5.75 Å². The number of piperidine rings is 1. The van der Waals surface area contributed by atoms with Crippen LogP contribution in [0.2, 0.25) is 0 Å². The van der Waals surface area contributed by atoms with Crippen LogP contribution in [0.4, 0.5) is 0 Å². The minimum Gasteiger partial charge on any atom is -0.490 e. The zero-order valence-corrected chi connectivity index (χ0v) is 17.2. The Bertz CT molecular complexity index is 708. The van der Waals surface area contributed by atoms with Crippen LogP contribution in [-0.2, 0) is 12.8 Å². The lowest BCUT2D eigenvalue weighted by Gasteiger charge is -2.34. The van der Waals surface area contributed by atoms with E-state index in [2.05, 4.69) is 29.0 Å². The number of aromatic nitrogens is 1. The van der Waals surface area contributed by atoms with Crippen molar-refractivity contribution in [2.24, 2.45) is 4.99 Å². The molecule has 27 heavy (non-hydrogen) atoms. The van der Waals surface area contributed by atoms with E-state index >= 15 is 0 Å². The highest BCUT2D eigenvalue weighted by atomic mass is 32.1. The van der Waals surface area contributed by atoms with Crippen molar-refractivity contribution < 1.29 is 4.74 Å². The normalized spacial score (nSPS) is 15.8. The van der Waals surface area contributed by atoms with Crippen LogP contribution >= 0.6 is 11.3 Å². The molecule has 1 aliphatic heterocycles. The second-order valence-corrected chi connectivity index (χ2v) is 7.88. The zero-order valence-electron chi connectivity index (χ0n) is 16.4. The highest BCUT2D eigenvalue weighted by molar-refractivity contribution is 7.11. The van der Waals surface area contributed by atoms with Crippen LogP contribution in [0, 0.1) is 0 Å². The fourth-order valence-corrected chi connectivity index (χ4v) is 4.04. The lowest BCUT2D eigenvalue weighted by molar-refractivity contribution is 0.129. The summed E-state index contributed by atoms with van der Waals surface area (Å²) in [4.78, 5) is 13.0. The predicted octanol–water partition coefficient (Wildman–Crippen LogP) is 3.76. The number of nitrogens with zero attached hydrogens (tertiary/aromatic N) is 3. The summed E-state index contributed by atoms with van der Waals surface area (Å²) < 4.78 is 6.10. The highest BCUT2D eigenvalue weighted by Gasteiger charge is 2.22. The van der Waals surface area contributed by atoms with Gasteiger partial charge in [0.25, 0.3) is 0 Å². The number of likely N-dealkylation sites (tertiary alicyclic amines) is 1. The molecule has 1 saturated heterocycles. The Kier molecular flexibility index (Phi) is 7.51. The predicted molar refractivity (Wildman–Crippen MR) is 113 cm³/mol. The van der Waals surface area contributed by atoms with E-state index in [1.54, 1.807) is 11.3 Å². The van der Waals surface area contributed by atoms with Gasteiger partial charge in [-0.05, 0) is 25.5 Å². The molecule has 0 saturated carbocycles. The first-order valence-electron chi connectivity index (χ1n) is 9.97. The fourth-order valence-electron chi connectivity index (χ4n) is 3.19. The Labute approximate surface area is 166 Å². The first kappa shape index (κ1) is 19.7. The summed E-state index contributed by atoms with van der Waals surface area (Å²) >= 11 is 1.80. The number of guanidine groups is 1. The average molecular weight is 387 g/mol. The van der Waals surface area contributed by atoms with Gasteiger partial charge in [0, 0.05) is 56.5 Å². The smallest absolute Gasteiger partial charge is 0.193 e. The third-order valence-electron chi connectivity index (χ3n) is 4.66. The van der Waals surface area contributed by atoms with Crippen LogP contribution in [-0.4, -0.2) is 48.1 Å². The van der Waals surface area contributed by atoms with Gasteiger partial charge in [-0.1, -0.05) is 25.1 Å². The largest absolute Gasteiger partial charge is 0.490 e. The van der Waals surface area contributed by atoms with Crippen molar-refractivity contribution in [2.45, 2.75) is 45.6 Å². The number of hydrogen-bond acceptors (Lipinski definition) is 4. The molecule has 0 aliphatic carbocycles. The number of aliphatic imine (C=N–C) groups is 1. The summed E-state index contributed by atoms with van der Waals surface area (Å²) in [6, 6.07) is 10.1. The van der Waals surface area contributed by atoms with Gasteiger partial charge in [0.2, 0.25) is 0 Å². The standard InChI is InChI=1S/C21H30N4OS/c1-3-19-16-24-20(27-19)10-13-23-21(22-4-2)25-14-11-18(12-15-25)26-17-8-6-5-7-9-17/h5-9,16,18H,3-4,10-15H2,1-2H3,(H,22,23). The number of ether oxygens (including phenoxy) is 1. The van der Waals surface area contributed by atoms with E-state index < -0.39 is 0 Å². The molecule has 2 aromatic rings. The first-order chi connectivity index (χ1) is 13.3. The molecule has 3 rings (SSSR count). The Balaban J connectivity index is 1.49. The SMILES string of the molecule is CCNC(=NCCc1ncc(CC)s1)N1CCC(Oc2ccccc2)CC1. The van der Waals surface area contributed by atoms with E-state index in [0.717, 1.165) is 63.6 Å². The Morgan fingerprint density at radius 2 is 2.04 bits per heavy atom. The number of thiazole rings is 1. The summed E-state index contributed by atoms with van der Waals surface area (Å²) in [5, 5.41) is 4.62. The maximum atomic E-state index is 6.10. The van der Waals surface area contributed by atoms with Crippen LogP contribution in [0.1, 0.15) is 36.6 Å². The van der Waals surface area contributed by atoms with E-state index in [-0.39, 0.29) is 6.10 Å². The molecule has 0 spiro atoms. The molecule has 6 heteroatoms. The van der Waals surface area contributed by atoms with Gasteiger partial charge in [0.05, 0.1) is 5.01 Å². The topological polar surface area (TPSA) is 49.8 Å². The molecule has 1 aromatic heterocycles. The lowest BCUT2D eigenvalue weighted by Crippen LogP contribution is -2.47. The van der Waals surface area contributed by atoms with E-state index in [0.29, 0.717) is 0 Å². The maximum Gasteiger partial charge on any atom is 0.193 e. The molecule has 1 fully saturated rings. The molecule has 0 bridgehead atoms. The summed E-state index contributed by atoms with van der Waals surface area (Å²) in [5.41, 5.74) is 0. The number of para-hydroxylation sites is 1. The minimum absolute atomic E-state index is 0.286. The average Bonchev–Trinajstić information content (AvgIpc) is 3.17. The molecule has 0 unspecified atom stereocenters. The molecule has 5 nitrogen and oxygen atoms in total. The maximum absolute atomic E-state index is 6.10. The Hall–Kier alpha value is -2.08. The van der Waals surface area contributed by atoms with Gasteiger partial charge >= 0.3 is 0 Å². The molecule has 2 heterocycles. The lowest BCUT2D eigenvalue weighted by atomic mass is 10.1. The second kappa shape index (κ2) is 10.3. The summed E-state index contributed by atoms with van der Waals surface area (Å²) in [5.74, 6) is 1.98. The number of hydrogen-bond donors (Lipinski definition) is 1. The summed E-state index contributed by atoms with van der Waals surface area (Å²) in [6.07, 6.45) is 6.29. The van der Waals surface area contributed by atoms with Gasteiger partial charge in [0.15, 0.2) is 5.96 Å². The molecule has 0 radical (unpaired) electrons. The third-order valence-corrected chi connectivity index (χ3v) is 5.86. The van der Waals surface area contributed by atoms with Crippen LogP contribution in [0.25, 0.3) is 0 Å². The van der Waals surface area contributed by atoms with Crippen LogP contribution < -0.4 is 10.1 Å². The van der Waals surface area contributed by atoms with Crippen LogP contribution in [0.3, 0.4) is 0 Å². The zero-order chi connectivity index (χ0) is 18.9. The molecule has 1 N–H and O–H groups in total.